The highest BCUT2D eigenvalue weighted by molar-refractivity contribution is 7.13. The maximum absolute atomic E-state index is 11.8. The van der Waals surface area contributed by atoms with Crippen molar-refractivity contribution in [2.24, 2.45) is 0 Å². The van der Waals surface area contributed by atoms with E-state index in [0.29, 0.717) is 11.7 Å². The molecule has 1 aliphatic rings. The third kappa shape index (κ3) is 4.87. The molecule has 106 valence electrons. The van der Waals surface area contributed by atoms with Crippen LogP contribution in [0.4, 0.5) is 5.13 Å². The molecule has 2 heterocycles. The second kappa shape index (κ2) is 6.95. The van der Waals surface area contributed by atoms with Crippen LogP contribution >= 0.6 is 11.3 Å². The van der Waals surface area contributed by atoms with E-state index < -0.39 is 0 Å². The van der Waals surface area contributed by atoms with E-state index in [1.807, 2.05) is 24.3 Å². The Balaban J connectivity index is 1.71. The number of morpholine rings is 1. The zero-order valence-electron chi connectivity index (χ0n) is 11.3. The first-order chi connectivity index (χ1) is 9.13. The smallest absolute Gasteiger partial charge is 0.240 e. The van der Waals surface area contributed by atoms with Crippen molar-refractivity contribution >= 4 is 22.4 Å². The SMILES string of the molecule is Cc1csc(NC(=O)CN(C)CC2CNCCO2)n1. The van der Waals surface area contributed by atoms with Gasteiger partial charge < -0.3 is 15.4 Å². The molecule has 0 bridgehead atoms. The number of nitrogens with zero attached hydrogens (tertiary/aromatic N) is 2. The molecule has 1 aromatic rings. The van der Waals surface area contributed by atoms with Gasteiger partial charge in [-0.1, -0.05) is 0 Å². The van der Waals surface area contributed by atoms with Gasteiger partial charge in [-0.15, -0.1) is 11.3 Å². The summed E-state index contributed by atoms with van der Waals surface area (Å²) in [5, 5.41) is 8.65. The molecule has 1 unspecified atom stereocenters. The van der Waals surface area contributed by atoms with Crippen LogP contribution in [0.15, 0.2) is 5.38 Å². The fourth-order valence-corrected chi connectivity index (χ4v) is 2.67. The Morgan fingerprint density at radius 1 is 1.74 bits per heavy atom. The molecule has 0 radical (unpaired) electrons. The Morgan fingerprint density at radius 3 is 3.21 bits per heavy atom. The van der Waals surface area contributed by atoms with Crippen molar-refractivity contribution in [2.45, 2.75) is 13.0 Å². The van der Waals surface area contributed by atoms with Gasteiger partial charge in [0.15, 0.2) is 5.13 Å². The number of nitrogens with one attached hydrogen (secondary N) is 2. The fraction of sp³-hybridized carbons (Fsp3) is 0.667. The molecule has 6 nitrogen and oxygen atoms in total. The van der Waals surface area contributed by atoms with Gasteiger partial charge in [0.05, 0.1) is 24.9 Å². The highest BCUT2D eigenvalue weighted by Crippen LogP contribution is 2.14. The highest BCUT2D eigenvalue weighted by atomic mass is 32.1. The first-order valence-corrected chi connectivity index (χ1v) is 7.24. The van der Waals surface area contributed by atoms with Gasteiger partial charge in [-0.25, -0.2) is 4.98 Å². The zero-order chi connectivity index (χ0) is 13.7. The van der Waals surface area contributed by atoms with Crippen LogP contribution in [0.5, 0.6) is 0 Å². The van der Waals surface area contributed by atoms with Crippen molar-refractivity contribution in [3.8, 4) is 0 Å². The number of carbonyl (C=O) groups excluding carboxylic acids is 1. The van der Waals surface area contributed by atoms with Crippen molar-refractivity contribution in [1.29, 1.82) is 0 Å². The Kier molecular flexibility index (Phi) is 5.26. The van der Waals surface area contributed by atoms with E-state index in [9.17, 15) is 4.79 Å². The zero-order valence-corrected chi connectivity index (χ0v) is 12.1. The second-order valence-corrected chi connectivity index (χ2v) is 5.59. The number of likely N-dealkylation sites (N-methyl/N-ethyl adjacent to an activating group) is 1. The third-order valence-electron chi connectivity index (χ3n) is 2.80. The van der Waals surface area contributed by atoms with Crippen molar-refractivity contribution in [2.75, 3.05) is 45.2 Å². The maximum atomic E-state index is 11.8. The summed E-state index contributed by atoms with van der Waals surface area (Å²) in [5.41, 5.74) is 0.926. The molecule has 1 amide bonds. The van der Waals surface area contributed by atoms with Gasteiger partial charge in [-0.3, -0.25) is 9.69 Å². The predicted octanol–water partition coefficient (Wildman–Crippen LogP) is 0.310. The molecule has 1 aliphatic heterocycles. The Morgan fingerprint density at radius 2 is 2.58 bits per heavy atom. The van der Waals surface area contributed by atoms with Crippen LogP contribution in [0.3, 0.4) is 0 Å². The molecule has 2 N–H and O–H groups in total. The van der Waals surface area contributed by atoms with Gasteiger partial charge in [0.2, 0.25) is 5.91 Å². The molecule has 19 heavy (non-hydrogen) atoms. The van der Waals surface area contributed by atoms with Crippen LogP contribution in [0.1, 0.15) is 5.69 Å². The number of rotatable bonds is 5. The Labute approximate surface area is 117 Å². The van der Waals surface area contributed by atoms with Crippen LogP contribution in [-0.2, 0) is 9.53 Å². The lowest BCUT2D eigenvalue weighted by Gasteiger charge is -2.27. The number of hydrogen-bond donors (Lipinski definition) is 2. The molecule has 2 rings (SSSR count). The molecule has 0 aromatic carbocycles. The molecule has 1 aromatic heterocycles. The quantitative estimate of drug-likeness (QED) is 0.814. The standard InChI is InChI=1S/C12H20N4O2S/c1-9-8-19-12(14-9)15-11(17)7-16(2)6-10-5-13-3-4-18-10/h8,10,13H,3-7H2,1-2H3,(H,14,15,17). The van der Waals surface area contributed by atoms with Gasteiger partial charge in [0.25, 0.3) is 0 Å². The largest absolute Gasteiger partial charge is 0.374 e. The molecule has 1 atom stereocenters. The lowest BCUT2D eigenvalue weighted by atomic mass is 10.3. The van der Waals surface area contributed by atoms with Crippen molar-refractivity contribution < 1.29 is 9.53 Å². The van der Waals surface area contributed by atoms with E-state index in [1.165, 1.54) is 11.3 Å². The predicted molar refractivity (Wildman–Crippen MR) is 75.6 cm³/mol. The van der Waals surface area contributed by atoms with Gasteiger partial charge in [0, 0.05) is 25.0 Å². The number of ether oxygens (including phenoxy) is 1. The fourth-order valence-electron chi connectivity index (χ4n) is 1.96. The van der Waals surface area contributed by atoms with E-state index in [0.717, 1.165) is 31.9 Å². The minimum Gasteiger partial charge on any atom is -0.374 e. The van der Waals surface area contributed by atoms with Crippen LogP contribution in [-0.4, -0.2) is 61.7 Å². The Hall–Kier alpha value is -1.02. The van der Waals surface area contributed by atoms with E-state index in [1.54, 1.807) is 0 Å². The van der Waals surface area contributed by atoms with Crippen LogP contribution in [0, 0.1) is 6.92 Å². The summed E-state index contributed by atoms with van der Waals surface area (Å²) < 4.78 is 5.61. The topological polar surface area (TPSA) is 66.5 Å². The van der Waals surface area contributed by atoms with Crippen molar-refractivity contribution in [3.63, 3.8) is 0 Å². The molecule has 7 heteroatoms. The number of anilines is 1. The lowest BCUT2D eigenvalue weighted by molar-refractivity contribution is -0.117. The summed E-state index contributed by atoms with van der Waals surface area (Å²) in [7, 11) is 1.92. The lowest BCUT2D eigenvalue weighted by Crippen LogP contribution is -2.45. The number of carbonyl (C=O) groups is 1. The molecule has 0 aliphatic carbocycles. The average Bonchev–Trinajstić information content (AvgIpc) is 2.75. The molecule has 0 spiro atoms. The molecule has 0 saturated carbocycles. The Bertz CT molecular complexity index is 418. The van der Waals surface area contributed by atoms with E-state index in [4.69, 9.17) is 4.74 Å². The summed E-state index contributed by atoms with van der Waals surface area (Å²) in [5.74, 6) is -0.0411. The first kappa shape index (κ1) is 14.4. The summed E-state index contributed by atoms with van der Waals surface area (Å²) in [6, 6.07) is 0. The minimum atomic E-state index is -0.0411. The monoisotopic (exact) mass is 284 g/mol. The van der Waals surface area contributed by atoms with Crippen LogP contribution < -0.4 is 10.6 Å². The second-order valence-electron chi connectivity index (χ2n) is 4.74. The number of hydrogen-bond acceptors (Lipinski definition) is 6. The van der Waals surface area contributed by atoms with Crippen LogP contribution in [0.25, 0.3) is 0 Å². The molecule has 1 fully saturated rings. The average molecular weight is 284 g/mol. The normalized spacial score (nSPS) is 19.6. The third-order valence-corrected chi connectivity index (χ3v) is 3.67. The number of thiazole rings is 1. The van der Waals surface area contributed by atoms with E-state index in [2.05, 4.69) is 15.6 Å². The van der Waals surface area contributed by atoms with Crippen molar-refractivity contribution in [1.82, 2.24) is 15.2 Å². The van der Waals surface area contributed by atoms with Gasteiger partial charge in [-0.05, 0) is 14.0 Å². The molecular formula is C12H20N4O2S. The highest BCUT2D eigenvalue weighted by Gasteiger charge is 2.17. The van der Waals surface area contributed by atoms with Gasteiger partial charge >= 0.3 is 0 Å². The summed E-state index contributed by atoms with van der Waals surface area (Å²) in [4.78, 5) is 18.0. The first-order valence-electron chi connectivity index (χ1n) is 6.36. The van der Waals surface area contributed by atoms with E-state index in [-0.39, 0.29) is 12.0 Å². The van der Waals surface area contributed by atoms with Gasteiger partial charge in [0.1, 0.15) is 0 Å². The summed E-state index contributed by atoms with van der Waals surface area (Å²) in [6.07, 6.45) is 0.161. The summed E-state index contributed by atoms with van der Waals surface area (Å²) >= 11 is 1.44. The molecular weight excluding hydrogens is 264 g/mol. The number of aromatic nitrogens is 1. The summed E-state index contributed by atoms with van der Waals surface area (Å²) in [6.45, 7) is 5.49. The maximum Gasteiger partial charge on any atom is 0.240 e. The minimum absolute atomic E-state index is 0.0411. The van der Waals surface area contributed by atoms with Gasteiger partial charge in [-0.2, -0.15) is 0 Å². The van der Waals surface area contributed by atoms with Crippen LogP contribution in [0.2, 0.25) is 0 Å². The van der Waals surface area contributed by atoms with Crippen molar-refractivity contribution in [3.05, 3.63) is 11.1 Å². The molecule has 1 saturated heterocycles. The number of amides is 1. The van der Waals surface area contributed by atoms with E-state index >= 15 is 0 Å². The number of aryl methyl sites for hydroxylation is 1.